The molecule has 0 saturated carbocycles. The maximum atomic E-state index is 12.4. The van der Waals surface area contributed by atoms with E-state index in [0.29, 0.717) is 5.82 Å². The molecule has 26 heavy (non-hydrogen) atoms. The fourth-order valence-corrected chi connectivity index (χ4v) is 2.58. The van der Waals surface area contributed by atoms with Crippen molar-refractivity contribution < 1.29 is 14.4 Å². The van der Waals surface area contributed by atoms with Crippen molar-refractivity contribution in [1.29, 1.82) is 0 Å². The molecule has 1 atom stereocenters. The lowest BCUT2D eigenvalue weighted by molar-refractivity contribution is -0.130. The van der Waals surface area contributed by atoms with E-state index in [-0.39, 0.29) is 24.8 Å². The van der Waals surface area contributed by atoms with Gasteiger partial charge in [0.25, 0.3) is 5.91 Å². The predicted octanol–water partition coefficient (Wildman–Crippen LogP) is 1.38. The number of carbonyl (C=O) groups excluding carboxylic acids is 3. The highest BCUT2D eigenvalue weighted by molar-refractivity contribution is 6.06. The smallest absolute Gasteiger partial charge is 0.325 e. The minimum absolute atomic E-state index is 0.149. The Labute approximate surface area is 150 Å². The molecule has 0 radical (unpaired) electrons. The zero-order chi connectivity index (χ0) is 18.7. The molecule has 9 heteroatoms. The number of urea groups is 1. The van der Waals surface area contributed by atoms with Gasteiger partial charge in [-0.3, -0.25) is 24.9 Å². The molecule has 136 valence electrons. The van der Waals surface area contributed by atoms with Crippen molar-refractivity contribution in [3.8, 4) is 0 Å². The largest absolute Gasteiger partial charge is 0.325 e. The fraction of sp³-hybridized carbons (Fsp3) is 0.353. The minimum Gasteiger partial charge on any atom is -0.325 e. The Balaban J connectivity index is 1.58. The number of carbonyl (C=O) groups is 3. The molecule has 0 spiro atoms. The second-order valence-electron chi connectivity index (χ2n) is 6.36. The van der Waals surface area contributed by atoms with Gasteiger partial charge in [0.15, 0.2) is 0 Å². The van der Waals surface area contributed by atoms with Crippen molar-refractivity contribution in [2.45, 2.75) is 38.8 Å². The van der Waals surface area contributed by atoms with Crippen LogP contribution in [-0.4, -0.2) is 44.0 Å². The van der Waals surface area contributed by atoms with E-state index in [1.165, 1.54) is 0 Å². The number of H-pyrrole nitrogens is 1. The van der Waals surface area contributed by atoms with Crippen LogP contribution in [0, 0.1) is 0 Å². The SMILES string of the molecule is CC(C)c1nc(NC(=O)C[C@H]2NC(=O)N(Cc3ccccc3)C2=O)n[nH]1. The molecular formula is C17H20N6O3. The summed E-state index contributed by atoms with van der Waals surface area (Å²) in [7, 11) is 0. The standard InChI is InChI=1S/C17H20N6O3/c1-10(2)14-20-16(22-21-14)19-13(24)8-12-15(25)23(17(26)18-12)9-11-6-4-3-5-7-11/h3-7,10,12H,8-9H2,1-2H3,(H,18,26)(H2,19,20,21,22,24)/t12-/m1/s1. The van der Waals surface area contributed by atoms with Gasteiger partial charge in [0.05, 0.1) is 13.0 Å². The Morgan fingerprint density at radius 3 is 2.65 bits per heavy atom. The normalized spacial score (nSPS) is 16.9. The van der Waals surface area contributed by atoms with Crippen molar-refractivity contribution in [3.05, 3.63) is 41.7 Å². The maximum absolute atomic E-state index is 12.4. The van der Waals surface area contributed by atoms with Crippen molar-refractivity contribution >= 4 is 23.8 Å². The number of benzene rings is 1. The van der Waals surface area contributed by atoms with Crippen LogP contribution in [0.3, 0.4) is 0 Å². The molecule has 3 rings (SSSR count). The lowest BCUT2D eigenvalue weighted by atomic mass is 10.2. The number of anilines is 1. The van der Waals surface area contributed by atoms with Crippen LogP contribution in [0.15, 0.2) is 30.3 Å². The van der Waals surface area contributed by atoms with Crippen LogP contribution in [0.2, 0.25) is 0 Å². The Bertz CT molecular complexity index is 817. The number of nitrogens with zero attached hydrogens (tertiary/aromatic N) is 3. The van der Waals surface area contributed by atoms with Gasteiger partial charge in [-0.25, -0.2) is 4.79 Å². The summed E-state index contributed by atoms with van der Waals surface area (Å²) in [5, 5.41) is 11.7. The lowest BCUT2D eigenvalue weighted by Gasteiger charge is -2.12. The zero-order valence-corrected chi connectivity index (χ0v) is 14.5. The summed E-state index contributed by atoms with van der Waals surface area (Å²) in [6.07, 6.45) is -0.179. The summed E-state index contributed by atoms with van der Waals surface area (Å²) in [6.45, 7) is 4.06. The lowest BCUT2D eigenvalue weighted by Crippen LogP contribution is -2.34. The van der Waals surface area contributed by atoms with Gasteiger partial charge in [-0.2, -0.15) is 4.98 Å². The third-order valence-electron chi connectivity index (χ3n) is 3.98. The highest BCUT2D eigenvalue weighted by Crippen LogP contribution is 2.15. The number of hydrogen-bond acceptors (Lipinski definition) is 5. The number of amides is 4. The minimum atomic E-state index is -0.894. The van der Waals surface area contributed by atoms with Crippen LogP contribution in [0.5, 0.6) is 0 Å². The summed E-state index contributed by atoms with van der Waals surface area (Å²) >= 11 is 0. The van der Waals surface area contributed by atoms with E-state index >= 15 is 0 Å². The summed E-state index contributed by atoms with van der Waals surface area (Å²) in [5.41, 5.74) is 0.836. The zero-order valence-electron chi connectivity index (χ0n) is 14.5. The van der Waals surface area contributed by atoms with Crippen LogP contribution in [0.1, 0.15) is 37.6 Å². The summed E-state index contributed by atoms with van der Waals surface area (Å²) < 4.78 is 0. The average molecular weight is 356 g/mol. The number of rotatable bonds is 6. The second-order valence-corrected chi connectivity index (χ2v) is 6.36. The molecule has 2 aromatic rings. The van der Waals surface area contributed by atoms with E-state index in [2.05, 4.69) is 25.8 Å². The molecule has 1 aliphatic rings. The van der Waals surface area contributed by atoms with Crippen molar-refractivity contribution in [3.63, 3.8) is 0 Å². The Morgan fingerprint density at radius 2 is 2.00 bits per heavy atom. The fourth-order valence-electron chi connectivity index (χ4n) is 2.58. The molecule has 1 aliphatic heterocycles. The Hall–Kier alpha value is -3.23. The van der Waals surface area contributed by atoms with Crippen LogP contribution < -0.4 is 10.6 Å². The van der Waals surface area contributed by atoms with Crippen LogP contribution in [0.4, 0.5) is 10.7 Å². The van der Waals surface area contributed by atoms with Gasteiger partial charge < -0.3 is 5.32 Å². The van der Waals surface area contributed by atoms with E-state index < -0.39 is 23.9 Å². The first-order valence-electron chi connectivity index (χ1n) is 8.32. The number of nitrogens with one attached hydrogen (secondary N) is 3. The van der Waals surface area contributed by atoms with Gasteiger partial charge in [0.1, 0.15) is 11.9 Å². The van der Waals surface area contributed by atoms with Crippen molar-refractivity contribution in [2.75, 3.05) is 5.32 Å². The molecule has 4 amide bonds. The Morgan fingerprint density at radius 1 is 1.27 bits per heavy atom. The maximum Gasteiger partial charge on any atom is 0.325 e. The topological polar surface area (TPSA) is 120 Å². The third-order valence-corrected chi connectivity index (χ3v) is 3.98. The first-order valence-corrected chi connectivity index (χ1v) is 8.32. The number of aromatic amines is 1. The first-order chi connectivity index (χ1) is 12.4. The van der Waals surface area contributed by atoms with E-state index in [4.69, 9.17) is 0 Å². The molecule has 1 aromatic carbocycles. The van der Waals surface area contributed by atoms with Crippen molar-refractivity contribution in [1.82, 2.24) is 25.4 Å². The summed E-state index contributed by atoms with van der Waals surface area (Å²) in [6, 6.07) is 7.79. The molecule has 0 unspecified atom stereocenters. The molecular weight excluding hydrogens is 336 g/mol. The average Bonchev–Trinajstić information content (AvgIpc) is 3.16. The summed E-state index contributed by atoms with van der Waals surface area (Å²) in [4.78, 5) is 41.9. The first kappa shape index (κ1) is 17.6. The van der Waals surface area contributed by atoms with Gasteiger partial charge >= 0.3 is 6.03 Å². The molecule has 1 aromatic heterocycles. The molecule has 0 aliphatic carbocycles. The van der Waals surface area contributed by atoms with Crippen LogP contribution in [0.25, 0.3) is 0 Å². The quantitative estimate of drug-likeness (QED) is 0.675. The van der Waals surface area contributed by atoms with Gasteiger partial charge in [-0.05, 0) is 5.56 Å². The van der Waals surface area contributed by atoms with Crippen molar-refractivity contribution in [2.24, 2.45) is 0 Å². The highest BCUT2D eigenvalue weighted by Gasteiger charge is 2.39. The van der Waals surface area contributed by atoms with E-state index in [1.54, 1.807) is 0 Å². The monoisotopic (exact) mass is 356 g/mol. The van der Waals surface area contributed by atoms with Gasteiger partial charge in [0.2, 0.25) is 11.9 Å². The highest BCUT2D eigenvalue weighted by atomic mass is 16.2. The second kappa shape index (κ2) is 7.34. The van der Waals surface area contributed by atoms with Gasteiger partial charge in [-0.15, -0.1) is 5.10 Å². The summed E-state index contributed by atoms with van der Waals surface area (Å²) in [5.74, 6) is 0.0815. The molecule has 1 saturated heterocycles. The van der Waals surface area contributed by atoms with E-state index in [9.17, 15) is 14.4 Å². The predicted molar refractivity (Wildman–Crippen MR) is 93.0 cm³/mol. The number of hydrogen-bond donors (Lipinski definition) is 3. The molecule has 1 fully saturated rings. The Kier molecular flexibility index (Phi) is 4.97. The third kappa shape index (κ3) is 3.88. The van der Waals surface area contributed by atoms with Gasteiger partial charge in [-0.1, -0.05) is 44.2 Å². The molecule has 0 bridgehead atoms. The van der Waals surface area contributed by atoms with E-state index in [1.807, 2.05) is 44.2 Å². The number of imide groups is 1. The number of aromatic nitrogens is 3. The van der Waals surface area contributed by atoms with E-state index in [0.717, 1.165) is 10.5 Å². The molecule has 2 heterocycles. The van der Waals surface area contributed by atoms with Crippen LogP contribution in [-0.2, 0) is 16.1 Å². The van der Waals surface area contributed by atoms with Crippen LogP contribution >= 0.6 is 0 Å². The molecule has 9 nitrogen and oxygen atoms in total. The molecule has 3 N–H and O–H groups in total. The van der Waals surface area contributed by atoms with Gasteiger partial charge in [0, 0.05) is 5.92 Å².